The number of sulfonamides is 1. The minimum absolute atomic E-state index is 0.0148. The van der Waals surface area contributed by atoms with Crippen molar-refractivity contribution in [1.29, 1.82) is 0 Å². The minimum Gasteiger partial charge on any atom is -0.477 e. The molecule has 0 fully saturated rings. The molecule has 0 radical (unpaired) electrons. The molecule has 0 aliphatic heterocycles. The standard InChI is InChI=1S/C18H13NO4S3/c1-12-10-16(25-17(12)18(20)21)26(22,23)19-14-5-2-4-13(11-14)7-8-15-6-3-9-24-15/h2-6,9-11,19H,1H3,(H,20,21). The van der Waals surface area contributed by atoms with Crippen LogP contribution in [0.3, 0.4) is 0 Å². The summed E-state index contributed by atoms with van der Waals surface area (Å²) in [5.41, 5.74) is 1.46. The summed E-state index contributed by atoms with van der Waals surface area (Å²) in [6, 6.07) is 11.9. The van der Waals surface area contributed by atoms with Crippen molar-refractivity contribution in [3.63, 3.8) is 0 Å². The van der Waals surface area contributed by atoms with Crippen LogP contribution in [0, 0.1) is 18.8 Å². The Kier molecular flexibility index (Phi) is 5.13. The fourth-order valence-corrected chi connectivity index (χ4v) is 5.15. The summed E-state index contributed by atoms with van der Waals surface area (Å²) < 4.78 is 27.5. The Morgan fingerprint density at radius 1 is 1.15 bits per heavy atom. The van der Waals surface area contributed by atoms with Gasteiger partial charge in [-0.05, 0) is 48.2 Å². The molecule has 132 valence electrons. The molecule has 0 unspecified atom stereocenters. The van der Waals surface area contributed by atoms with E-state index < -0.39 is 16.0 Å². The number of aryl methyl sites for hydroxylation is 1. The lowest BCUT2D eigenvalue weighted by atomic mass is 10.2. The van der Waals surface area contributed by atoms with Crippen molar-refractivity contribution in [3.05, 3.63) is 68.7 Å². The number of benzene rings is 1. The van der Waals surface area contributed by atoms with E-state index in [4.69, 9.17) is 5.11 Å². The van der Waals surface area contributed by atoms with Gasteiger partial charge in [-0.25, -0.2) is 13.2 Å². The molecule has 26 heavy (non-hydrogen) atoms. The molecule has 3 rings (SSSR count). The van der Waals surface area contributed by atoms with Crippen molar-refractivity contribution in [1.82, 2.24) is 0 Å². The van der Waals surface area contributed by atoms with Crippen molar-refractivity contribution >= 4 is 44.4 Å². The van der Waals surface area contributed by atoms with Crippen LogP contribution in [0.25, 0.3) is 0 Å². The van der Waals surface area contributed by atoms with Crippen LogP contribution in [-0.2, 0) is 10.0 Å². The number of anilines is 1. The second-order valence-corrected chi connectivity index (χ2v) is 9.21. The van der Waals surface area contributed by atoms with Crippen LogP contribution < -0.4 is 4.72 Å². The summed E-state index contributed by atoms with van der Waals surface area (Å²) in [6.07, 6.45) is 0. The molecule has 2 heterocycles. The largest absolute Gasteiger partial charge is 0.477 e. The highest BCUT2D eigenvalue weighted by Crippen LogP contribution is 2.27. The Bertz CT molecular complexity index is 1120. The summed E-state index contributed by atoms with van der Waals surface area (Å²) in [4.78, 5) is 12.1. The van der Waals surface area contributed by atoms with Gasteiger partial charge in [-0.2, -0.15) is 0 Å². The Hall–Kier alpha value is -2.60. The molecule has 0 saturated heterocycles. The summed E-state index contributed by atoms with van der Waals surface area (Å²) in [5, 5.41) is 11.0. The van der Waals surface area contributed by atoms with Gasteiger partial charge in [0.15, 0.2) is 0 Å². The molecule has 0 aliphatic rings. The van der Waals surface area contributed by atoms with E-state index in [-0.39, 0.29) is 9.09 Å². The summed E-state index contributed by atoms with van der Waals surface area (Å²) in [6.45, 7) is 1.57. The molecule has 5 nitrogen and oxygen atoms in total. The first kappa shape index (κ1) is 18.2. The van der Waals surface area contributed by atoms with E-state index in [0.29, 0.717) is 16.8 Å². The third-order valence-electron chi connectivity index (χ3n) is 3.32. The Labute approximate surface area is 159 Å². The normalized spacial score (nSPS) is 10.8. The van der Waals surface area contributed by atoms with Gasteiger partial charge in [0.05, 0.1) is 10.6 Å². The number of nitrogens with one attached hydrogen (secondary N) is 1. The second kappa shape index (κ2) is 7.33. The third kappa shape index (κ3) is 4.14. The number of aromatic carboxylic acids is 1. The molecular formula is C18H13NO4S3. The van der Waals surface area contributed by atoms with Crippen LogP contribution in [-0.4, -0.2) is 19.5 Å². The lowest BCUT2D eigenvalue weighted by molar-refractivity contribution is 0.0701. The third-order valence-corrected chi connectivity index (χ3v) is 7.19. The average molecular weight is 404 g/mol. The molecule has 0 spiro atoms. The molecule has 0 aliphatic carbocycles. The van der Waals surface area contributed by atoms with Gasteiger partial charge in [0.25, 0.3) is 10.0 Å². The predicted molar refractivity (Wildman–Crippen MR) is 104 cm³/mol. The van der Waals surface area contributed by atoms with Crippen molar-refractivity contribution in [3.8, 4) is 11.8 Å². The number of carboxylic acids is 1. The van der Waals surface area contributed by atoms with Gasteiger partial charge in [0.1, 0.15) is 9.09 Å². The van der Waals surface area contributed by atoms with E-state index >= 15 is 0 Å². The van der Waals surface area contributed by atoms with E-state index in [1.807, 2.05) is 17.5 Å². The number of hydrogen-bond acceptors (Lipinski definition) is 5. The van der Waals surface area contributed by atoms with Crippen LogP contribution >= 0.6 is 22.7 Å². The number of thiophene rings is 2. The zero-order valence-electron chi connectivity index (χ0n) is 13.5. The molecular weight excluding hydrogens is 390 g/mol. The van der Waals surface area contributed by atoms with Gasteiger partial charge in [-0.1, -0.05) is 24.0 Å². The van der Waals surface area contributed by atoms with Gasteiger partial charge in [-0.3, -0.25) is 4.72 Å². The number of carboxylic acid groups (broad SMARTS) is 1. The van der Waals surface area contributed by atoms with Gasteiger partial charge in [0.2, 0.25) is 0 Å². The molecule has 0 saturated carbocycles. The first-order chi connectivity index (χ1) is 12.3. The van der Waals surface area contributed by atoms with Crippen LogP contribution in [0.5, 0.6) is 0 Å². The summed E-state index contributed by atoms with van der Waals surface area (Å²) in [7, 11) is -3.86. The number of hydrogen-bond donors (Lipinski definition) is 2. The molecule has 1 aromatic carbocycles. The maximum atomic E-state index is 12.5. The quantitative estimate of drug-likeness (QED) is 0.645. The monoisotopic (exact) mass is 403 g/mol. The molecule has 0 bridgehead atoms. The van der Waals surface area contributed by atoms with Crippen LogP contribution in [0.4, 0.5) is 5.69 Å². The zero-order valence-corrected chi connectivity index (χ0v) is 16.0. The lowest BCUT2D eigenvalue weighted by Gasteiger charge is -2.06. The van der Waals surface area contributed by atoms with Crippen LogP contribution in [0.2, 0.25) is 0 Å². The van der Waals surface area contributed by atoms with Crippen molar-refractivity contribution in [2.24, 2.45) is 0 Å². The molecule has 2 N–H and O–H groups in total. The van der Waals surface area contributed by atoms with E-state index in [1.54, 1.807) is 31.2 Å². The molecule has 3 aromatic rings. The Morgan fingerprint density at radius 3 is 2.62 bits per heavy atom. The highest BCUT2D eigenvalue weighted by molar-refractivity contribution is 7.94. The topological polar surface area (TPSA) is 83.5 Å². The highest BCUT2D eigenvalue weighted by atomic mass is 32.2. The van der Waals surface area contributed by atoms with Gasteiger partial charge in [0, 0.05) is 5.56 Å². The Morgan fingerprint density at radius 2 is 1.96 bits per heavy atom. The molecule has 8 heteroatoms. The summed E-state index contributed by atoms with van der Waals surface area (Å²) in [5.74, 6) is 4.87. The van der Waals surface area contributed by atoms with E-state index in [1.165, 1.54) is 17.4 Å². The maximum Gasteiger partial charge on any atom is 0.346 e. The number of carbonyl (C=O) groups is 1. The second-order valence-electron chi connectivity index (χ2n) is 5.30. The number of rotatable bonds is 4. The van der Waals surface area contributed by atoms with Crippen LogP contribution in [0.1, 0.15) is 25.7 Å². The first-order valence-electron chi connectivity index (χ1n) is 7.37. The SMILES string of the molecule is Cc1cc(S(=O)(=O)Nc2cccc(C#Cc3cccs3)c2)sc1C(=O)O. The van der Waals surface area contributed by atoms with E-state index in [0.717, 1.165) is 16.2 Å². The van der Waals surface area contributed by atoms with Gasteiger partial charge >= 0.3 is 5.97 Å². The predicted octanol–water partition coefficient (Wildman–Crippen LogP) is 4.02. The zero-order chi connectivity index (χ0) is 18.7. The fourth-order valence-electron chi connectivity index (χ4n) is 2.15. The summed E-state index contributed by atoms with van der Waals surface area (Å²) >= 11 is 2.26. The minimum atomic E-state index is -3.86. The lowest BCUT2D eigenvalue weighted by Crippen LogP contribution is -2.11. The van der Waals surface area contributed by atoms with Crippen molar-refractivity contribution in [2.75, 3.05) is 4.72 Å². The average Bonchev–Trinajstić information content (AvgIpc) is 3.22. The first-order valence-corrected chi connectivity index (χ1v) is 10.6. The smallest absolute Gasteiger partial charge is 0.346 e. The van der Waals surface area contributed by atoms with Gasteiger partial charge < -0.3 is 5.11 Å². The van der Waals surface area contributed by atoms with Gasteiger partial charge in [-0.15, -0.1) is 22.7 Å². The molecule has 2 aromatic heterocycles. The maximum absolute atomic E-state index is 12.5. The molecule has 0 atom stereocenters. The molecule has 0 amide bonds. The van der Waals surface area contributed by atoms with Crippen LogP contribution in [0.15, 0.2) is 52.1 Å². The van der Waals surface area contributed by atoms with Crippen molar-refractivity contribution < 1.29 is 18.3 Å². The van der Waals surface area contributed by atoms with E-state index in [2.05, 4.69) is 16.6 Å². The van der Waals surface area contributed by atoms with Crippen molar-refractivity contribution in [2.45, 2.75) is 11.1 Å². The fraction of sp³-hybridized carbons (Fsp3) is 0.0556. The van der Waals surface area contributed by atoms with E-state index in [9.17, 15) is 13.2 Å². The highest BCUT2D eigenvalue weighted by Gasteiger charge is 2.21. The Balaban J connectivity index is 1.85.